The molecule has 0 saturated carbocycles. The van der Waals surface area contributed by atoms with Crippen LogP contribution in [0.15, 0.2) is 72.8 Å². The Morgan fingerprint density at radius 3 is 1.61 bits per heavy atom. The number of amides is 1. The molecule has 0 unspecified atom stereocenters. The van der Waals surface area contributed by atoms with E-state index >= 15 is 0 Å². The molecule has 23 heavy (non-hydrogen) atoms. The van der Waals surface area contributed by atoms with Gasteiger partial charge in [-0.15, -0.1) is 0 Å². The minimum atomic E-state index is -0.0897. The van der Waals surface area contributed by atoms with E-state index in [1.807, 2.05) is 55.5 Å². The lowest BCUT2D eigenvalue weighted by molar-refractivity contribution is 0.102. The minimum absolute atomic E-state index is 0.0897. The zero-order chi connectivity index (χ0) is 16.2. The number of hydrogen-bond acceptors (Lipinski definition) is 1. The van der Waals surface area contributed by atoms with Crippen molar-refractivity contribution in [3.05, 3.63) is 89.5 Å². The number of nitrogens with one attached hydrogen (secondary N) is 1. The molecule has 0 aliphatic heterocycles. The van der Waals surface area contributed by atoms with Gasteiger partial charge in [-0.05, 0) is 49.2 Å². The van der Waals surface area contributed by atoms with Gasteiger partial charge in [0.2, 0.25) is 0 Å². The number of carbonyl (C=O) groups excluding carboxylic acids is 1. The van der Waals surface area contributed by atoms with Crippen molar-refractivity contribution in [2.75, 3.05) is 5.32 Å². The van der Waals surface area contributed by atoms with Crippen LogP contribution in [0.1, 0.15) is 21.5 Å². The normalized spacial score (nSPS) is 10.3. The van der Waals surface area contributed by atoms with E-state index < -0.39 is 0 Å². The SMILES string of the molecule is Cc1ccc(C(=O)Nc2ccc(-c3ccc(C)cc3)cc2)cc1. The largest absolute Gasteiger partial charge is 0.322 e. The highest BCUT2D eigenvalue weighted by Gasteiger charge is 2.06. The first-order valence-electron chi connectivity index (χ1n) is 7.67. The molecule has 2 heteroatoms. The van der Waals surface area contributed by atoms with Gasteiger partial charge in [-0.1, -0.05) is 59.7 Å². The van der Waals surface area contributed by atoms with E-state index in [0.717, 1.165) is 16.8 Å². The third kappa shape index (κ3) is 3.67. The molecule has 0 radical (unpaired) electrons. The van der Waals surface area contributed by atoms with Gasteiger partial charge in [-0.3, -0.25) is 4.79 Å². The number of benzene rings is 3. The van der Waals surface area contributed by atoms with Crippen LogP contribution in [0.25, 0.3) is 11.1 Å². The highest BCUT2D eigenvalue weighted by atomic mass is 16.1. The number of rotatable bonds is 3. The van der Waals surface area contributed by atoms with Gasteiger partial charge in [0.1, 0.15) is 0 Å². The molecule has 0 fully saturated rings. The van der Waals surface area contributed by atoms with E-state index in [9.17, 15) is 4.79 Å². The van der Waals surface area contributed by atoms with E-state index in [-0.39, 0.29) is 5.91 Å². The summed E-state index contributed by atoms with van der Waals surface area (Å²) in [7, 11) is 0. The molecule has 0 atom stereocenters. The fraction of sp³-hybridized carbons (Fsp3) is 0.0952. The summed E-state index contributed by atoms with van der Waals surface area (Å²) >= 11 is 0. The molecule has 3 rings (SSSR count). The molecule has 0 heterocycles. The Bertz CT molecular complexity index is 800. The van der Waals surface area contributed by atoms with Crippen molar-refractivity contribution >= 4 is 11.6 Å². The standard InChI is InChI=1S/C21H19NO/c1-15-3-7-17(8-4-15)18-11-13-20(14-12-18)22-21(23)19-9-5-16(2)6-10-19/h3-14H,1-2H3,(H,22,23). The van der Waals surface area contributed by atoms with Crippen LogP contribution < -0.4 is 5.32 Å². The van der Waals surface area contributed by atoms with Crippen LogP contribution in [-0.4, -0.2) is 5.91 Å². The smallest absolute Gasteiger partial charge is 0.255 e. The number of anilines is 1. The summed E-state index contributed by atoms with van der Waals surface area (Å²) < 4.78 is 0. The predicted molar refractivity (Wildman–Crippen MR) is 95.7 cm³/mol. The fourth-order valence-corrected chi connectivity index (χ4v) is 2.40. The average Bonchev–Trinajstić information content (AvgIpc) is 2.57. The van der Waals surface area contributed by atoms with E-state index in [1.165, 1.54) is 11.1 Å². The maximum atomic E-state index is 12.2. The fourth-order valence-electron chi connectivity index (χ4n) is 2.40. The van der Waals surface area contributed by atoms with Gasteiger partial charge in [-0.25, -0.2) is 0 Å². The molecule has 114 valence electrons. The summed E-state index contributed by atoms with van der Waals surface area (Å²) in [6.45, 7) is 4.08. The average molecular weight is 301 g/mol. The van der Waals surface area contributed by atoms with Gasteiger partial charge >= 0.3 is 0 Å². The Balaban J connectivity index is 1.73. The molecule has 0 aromatic heterocycles. The minimum Gasteiger partial charge on any atom is -0.322 e. The van der Waals surface area contributed by atoms with E-state index in [4.69, 9.17) is 0 Å². The van der Waals surface area contributed by atoms with E-state index in [1.54, 1.807) is 0 Å². The zero-order valence-electron chi connectivity index (χ0n) is 13.3. The number of hydrogen-bond donors (Lipinski definition) is 1. The molecule has 0 bridgehead atoms. The molecule has 0 saturated heterocycles. The zero-order valence-corrected chi connectivity index (χ0v) is 13.3. The molecule has 0 aliphatic rings. The quantitative estimate of drug-likeness (QED) is 0.705. The maximum absolute atomic E-state index is 12.2. The lowest BCUT2D eigenvalue weighted by atomic mass is 10.0. The van der Waals surface area contributed by atoms with Crippen LogP contribution in [0.5, 0.6) is 0 Å². The first-order valence-corrected chi connectivity index (χ1v) is 7.67. The second-order valence-electron chi connectivity index (χ2n) is 5.76. The Morgan fingerprint density at radius 1 is 0.652 bits per heavy atom. The van der Waals surface area contributed by atoms with Crippen molar-refractivity contribution < 1.29 is 4.79 Å². The van der Waals surface area contributed by atoms with Crippen molar-refractivity contribution in [1.82, 2.24) is 0 Å². The molecular weight excluding hydrogens is 282 g/mol. The molecular formula is C21H19NO. The predicted octanol–water partition coefficient (Wildman–Crippen LogP) is 5.22. The van der Waals surface area contributed by atoms with Crippen LogP contribution in [0.2, 0.25) is 0 Å². The van der Waals surface area contributed by atoms with Gasteiger partial charge in [-0.2, -0.15) is 0 Å². The van der Waals surface area contributed by atoms with Crippen molar-refractivity contribution in [3.63, 3.8) is 0 Å². The van der Waals surface area contributed by atoms with Crippen molar-refractivity contribution in [2.45, 2.75) is 13.8 Å². The van der Waals surface area contributed by atoms with Gasteiger partial charge in [0.25, 0.3) is 5.91 Å². The Kier molecular flexibility index (Phi) is 4.24. The van der Waals surface area contributed by atoms with Crippen LogP contribution >= 0.6 is 0 Å². The molecule has 3 aromatic rings. The summed E-state index contributed by atoms with van der Waals surface area (Å²) in [6.07, 6.45) is 0. The maximum Gasteiger partial charge on any atom is 0.255 e. The van der Waals surface area contributed by atoms with Crippen LogP contribution in [0.3, 0.4) is 0 Å². The van der Waals surface area contributed by atoms with Gasteiger partial charge in [0.05, 0.1) is 0 Å². The summed E-state index contributed by atoms with van der Waals surface area (Å²) in [5.41, 5.74) is 6.16. The third-order valence-corrected chi connectivity index (χ3v) is 3.84. The van der Waals surface area contributed by atoms with Crippen LogP contribution in [-0.2, 0) is 0 Å². The Labute approximate surface area is 136 Å². The topological polar surface area (TPSA) is 29.1 Å². The Morgan fingerprint density at radius 2 is 1.09 bits per heavy atom. The monoisotopic (exact) mass is 301 g/mol. The first kappa shape index (κ1) is 15.0. The van der Waals surface area contributed by atoms with Crippen LogP contribution in [0.4, 0.5) is 5.69 Å². The highest BCUT2D eigenvalue weighted by molar-refractivity contribution is 6.04. The molecule has 0 spiro atoms. The van der Waals surface area contributed by atoms with Gasteiger partial charge in [0, 0.05) is 11.3 Å². The number of carbonyl (C=O) groups is 1. The van der Waals surface area contributed by atoms with Gasteiger partial charge < -0.3 is 5.32 Å². The first-order chi connectivity index (χ1) is 11.1. The van der Waals surface area contributed by atoms with E-state index in [2.05, 4.69) is 36.5 Å². The second kappa shape index (κ2) is 6.49. The molecule has 1 amide bonds. The summed E-state index contributed by atoms with van der Waals surface area (Å²) in [5.74, 6) is -0.0897. The van der Waals surface area contributed by atoms with Crippen molar-refractivity contribution in [3.8, 4) is 11.1 Å². The van der Waals surface area contributed by atoms with Crippen LogP contribution in [0, 0.1) is 13.8 Å². The highest BCUT2D eigenvalue weighted by Crippen LogP contribution is 2.22. The molecule has 1 N–H and O–H groups in total. The molecule has 3 aromatic carbocycles. The second-order valence-corrected chi connectivity index (χ2v) is 5.76. The molecule has 0 aliphatic carbocycles. The Hall–Kier alpha value is -2.87. The number of aryl methyl sites for hydroxylation is 2. The molecule has 2 nitrogen and oxygen atoms in total. The van der Waals surface area contributed by atoms with Gasteiger partial charge in [0.15, 0.2) is 0 Å². The summed E-state index contributed by atoms with van der Waals surface area (Å²) in [5, 5.41) is 2.93. The lowest BCUT2D eigenvalue weighted by Gasteiger charge is -2.07. The summed E-state index contributed by atoms with van der Waals surface area (Å²) in [4.78, 5) is 12.2. The summed E-state index contributed by atoms with van der Waals surface area (Å²) in [6, 6.07) is 23.9. The van der Waals surface area contributed by atoms with Crippen molar-refractivity contribution in [2.24, 2.45) is 0 Å². The third-order valence-electron chi connectivity index (χ3n) is 3.84. The van der Waals surface area contributed by atoms with E-state index in [0.29, 0.717) is 5.56 Å². The van der Waals surface area contributed by atoms with Crippen molar-refractivity contribution in [1.29, 1.82) is 0 Å². The lowest BCUT2D eigenvalue weighted by Crippen LogP contribution is -2.11.